The molecule has 3 rings (SSSR count). The number of nitro benzene ring substituents is 1. The molecule has 0 aromatic heterocycles. The van der Waals surface area contributed by atoms with Gasteiger partial charge in [-0.15, -0.1) is 0 Å². The third-order valence-electron chi connectivity index (χ3n) is 4.80. The van der Waals surface area contributed by atoms with Crippen LogP contribution < -0.4 is 9.80 Å². The number of benzene rings is 2. The Morgan fingerprint density at radius 1 is 0.926 bits per heavy atom. The molecule has 1 saturated heterocycles. The summed E-state index contributed by atoms with van der Waals surface area (Å²) in [5.41, 5.74) is 2.71. The molecule has 2 aromatic rings. The van der Waals surface area contributed by atoms with Gasteiger partial charge in [0.1, 0.15) is 4.90 Å². The van der Waals surface area contributed by atoms with Crippen molar-refractivity contribution in [1.29, 1.82) is 0 Å². The van der Waals surface area contributed by atoms with E-state index in [-0.39, 0.29) is 10.6 Å². The number of aryl methyl sites for hydroxylation is 1. The van der Waals surface area contributed by atoms with Crippen LogP contribution in [0.2, 0.25) is 0 Å². The molecule has 2 aromatic carbocycles. The highest BCUT2D eigenvalue weighted by molar-refractivity contribution is 7.90. The van der Waals surface area contributed by atoms with Crippen molar-refractivity contribution in [2.24, 2.45) is 0 Å². The minimum absolute atomic E-state index is 0.232. The number of sulfone groups is 1. The Morgan fingerprint density at radius 3 is 2.04 bits per heavy atom. The molecular weight excluding hydrogens is 366 g/mol. The van der Waals surface area contributed by atoms with E-state index in [1.807, 2.05) is 0 Å². The molecule has 8 heteroatoms. The zero-order valence-corrected chi connectivity index (χ0v) is 16.3. The van der Waals surface area contributed by atoms with Gasteiger partial charge >= 0.3 is 0 Å². The SMILES string of the molecule is Cc1ccc(N2CCCN(c3ccc([N+](=O)[O-])c(S(C)(=O)=O)c3)CC2)cc1. The topological polar surface area (TPSA) is 83.8 Å². The molecule has 0 radical (unpaired) electrons. The fourth-order valence-corrected chi connectivity index (χ4v) is 4.19. The summed E-state index contributed by atoms with van der Waals surface area (Å²) in [7, 11) is -3.69. The first kappa shape index (κ1) is 19.2. The molecule has 0 spiro atoms. The Hall–Kier alpha value is -2.61. The summed E-state index contributed by atoms with van der Waals surface area (Å²) in [5, 5.41) is 11.2. The monoisotopic (exact) mass is 389 g/mol. The second kappa shape index (κ2) is 7.56. The Balaban J connectivity index is 1.83. The van der Waals surface area contributed by atoms with Gasteiger partial charge in [0, 0.05) is 49.9 Å². The normalized spacial score (nSPS) is 15.5. The quantitative estimate of drug-likeness (QED) is 0.590. The van der Waals surface area contributed by atoms with Gasteiger partial charge in [0.25, 0.3) is 5.69 Å². The lowest BCUT2D eigenvalue weighted by molar-refractivity contribution is -0.387. The van der Waals surface area contributed by atoms with Crippen LogP contribution in [0.5, 0.6) is 0 Å². The Labute approximate surface area is 159 Å². The van der Waals surface area contributed by atoms with Gasteiger partial charge in [-0.3, -0.25) is 10.1 Å². The van der Waals surface area contributed by atoms with Crippen molar-refractivity contribution in [1.82, 2.24) is 0 Å². The lowest BCUT2D eigenvalue weighted by Crippen LogP contribution is -2.30. The van der Waals surface area contributed by atoms with E-state index in [1.54, 1.807) is 6.07 Å². The summed E-state index contributed by atoms with van der Waals surface area (Å²) < 4.78 is 24.0. The minimum atomic E-state index is -3.69. The Morgan fingerprint density at radius 2 is 1.48 bits per heavy atom. The number of nitrogens with zero attached hydrogens (tertiary/aromatic N) is 3. The second-order valence-electron chi connectivity index (χ2n) is 6.84. The van der Waals surface area contributed by atoms with Crippen molar-refractivity contribution >= 4 is 26.9 Å². The van der Waals surface area contributed by atoms with Crippen LogP contribution in [0, 0.1) is 17.0 Å². The summed E-state index contributed by atoms with van der Waals surface area (Å²) >= 11 is 0. The van der Waals surface area contributed by atoms with Crippen LogP contribution in [0.1, 0.15) is 12.0 Å². The van der Waals surface area contributed by atoms with Crippen molar-refractivity contribution in [2.45, 2.75) is 18.2 Å². The van der Waals surface area contributed by atoms with Crippen molar-refractivity contribution in [2.75, 3.05) is 42.2 Å². The third kappa shape index (κ3) is 4.39. The predicted octanol–water partition coefficient (Wildman–Crippen LogP) is 3.02. The number of hydrogen-bond acceptors (Lipinski definition) is 6. The molecule has 0 N–H and O–H groups in total. The van der Waals surface area contributed by atoms with Crippen LogP contribution in [-0.2, 0) is 9.84 Å². The van der Waals surface area contributed by atoms with E-state index >= 15 is 0 Å². The van der Waals surface area contributed by atoms with Gasteiger partial charge in [-0.25, -0.2) is 8.42 Å². The van der Waals surface area contributed by atoms with E-state index in [0.717, 1.165) is 38.9 Å². The van der Waals surface area contributed by atoms with E-state index < -0.39 is 14.8 Å². The van der Waals surface area contributed by atoms with Gasteiger partial charge < -0.3 is 9.80 Å². The molecule has 0 atom stereocenters. The lowest BCUT2D eigenvalue weighted by Gasteiger charge is -2.25. The van der Waals surface area contributed by atoms with E-state index in [0.29, 0.717) is 5.69 Å². The largest absolute Gasteiger partial charge is 0.370 e. The lowest BCUT2D eigenvalue weighted by atomic mass is 10.2. The highest BCUT2D eigenvalue weighted by atomic mass is 32.2. The molecule has 1 fully saturated rings. The first-order valence-corrected chi connectivity index (χ1v) is 10.7. The molecule has 1 aliphatic heterocycles. The van der Waals surface area contributed by atoms with E-state index in [4.69, 9.17) is 0 Å². The van der Waals surface area contributed by atoms with Crippen LogP contribution >= 0.6 is 0 Å². The maximum atomic E-state index is 12.0. The number of anilines is 2. The smallest absolute Gasteiger partial charge is 0.288 e. The van der Waals surface area contributed by atoms with Gasteiger partial charge in [0.15, 0.2) is 9.84 Å². The van der Waals surface area contributed by atoms with Gasteiger partial charge in [0.05, 0.1) is 4.92 Å². The fraction of sp³-hybridized carbons (Fsp3) is 0.368. The molecule has 0 bridgehead atoms. The fourth-order valence-electron chi connectivity index (χ4n) is 3.34. The molecule has 0 unspecified atom stereocenters. The maximum Gasteiger partial charge on any atom is 0.288 e. The second-order valence-corrected chi connectivity index (χ2v) is 8.83. The van der Waals surface area contributed by atoms with E-state index in [2.05, 4.69) is 41.0 Å². The molecule has 0 amide bonds. The number of rotatable bonds is 4. The molecule has 144 valence electrons. The average Bonchev–Trinajstić information content (AvgIpc) is 2.87. The van der Waals surface area contributed by atoms with Crippen molar-refractivity contribution in [3.05, 3.63) is 58.1 Å². The first-order chi connectivity index (χ1) is 12.8. The van der Waals surface area contributed by atoms with Crippen LogP contribution in [-0.4, -0.2) is 45.8 Å². The van der Waals surface area contributed by atoms with Gasteiger partial charge in [-0.05, 0) is 37.6 Å². The zero-order chi connectivity index (χ0) is 19.6. The summed E-state index contributed by atoms with van der Waals surface area (Å²) in [6, 6.07) is 12.7. The Kier molecular flexibility index (Phi) is 5.36. The zero-order valence-electron chi connectivity index (χ0n) is 15.5. The van der Waals surface area contributed by atoms with Crippen LogP contribution in [0.3, 0.4) is 0 Å². The molecule has 27 heavy (non-hydrogen) atoms. The number of hydrogen-bond donors (Lipinski definition) is 0. The molecule has 7 nitrogen and oxygen atoms in total. The van der Waals surface area contributed by atoms with Crippen molar-refractivity contribution < 1.29 is 13.3 Å². The number of nitro groups is 1. The highest BCUT2D eigenvalue weighted by Crippen LogP contribution is 2.29. The highest BCUT2D eigenvalue weighted by Gasteiger charge is 2.24. The summed E-state index contributed by atoms with van der Waals surface area (Å²) in [5.74, 6) is 0. The van der Waals surface area contributed by atoms with Gasteiger partial charge in [-0.1, -0.05) is 17.7 Å². The van der Waals surface area contributed by atoms with E-state index in [9.17, 15) is 18.5 Å². The van der Waals surface area contributed by atoms with Crippen molar-refractivity contribution in [3.63, 3.8) is 0 Å². The van der Waals surface area contributed by atoms with Crippen molar-refractivity contribution in [3.8, 4) is 0 Å². The molecule has 1 aliphatic rings. The van der Waals surface area contributed by atoms with Gasteiger partial charge in [0.2, 0.25) is 0 Å². The maximum absolute atomic E-state index is 12.0. The molecule has 0 saturated carbocycles. The first-order valence-electron chi connectivity index (χ1n) is 8.81. The average molecular weight is 389 g/mol. The summed E-state index contributed by atoms with van der Waals surface area (Å²) in [6.45, 7) is 5.25. The van der Waals surface area contributed by atoms with Gasteiger partial charge in [-0.2, -0.15) is 0 Å². The van der Waals surface area contributed by atoms with E-state index in [1.165, 1.54) is 23.4 Å². The predicted molar refractivity (Wildman–Crippen MR) is 106 cm³/mol. The molecular formula is C19H23N3O4S. The van der Waals surface area contributed by atoms with Crippen LogP contribution in [0.15, 0.2) is 47.4 Å². The summed E-state index contributed by atoms with van der Waals surface area (Å²) in [4.78, 5) is 14.7. The minimum Gasteiger partial charge on any atom is -0.370 e. The van der Waals surface area contributed by atoms with Crippen LogP contribution in [0.25, 0.3) is 0 Å². The molecule has 0 aliphatic carbocycles. The Bertz CT molecular complexity index is 942. The third-order valence-corrected chi connectivity index (χ3v) is 5.93. The summed E-state index contributed by atoms with van der Waals surface area (Å²) in [6.07, 6.45) is 1.92. The van der Waals surface area contributed by atoms with Crippen LogP contribution in [0.4, 0.5) is 17.1 Å². The molecule has 1 heterocycles. The standard InChI is InChI=1S/C19H23N3O4S/c1-15-4-6-16(7-5-15)20-10-3-11-21(13-12-20)17-8-9-18(22(23)24)19(14-17)27(2,25)26/h4-9,14H,3,10-13H2,1-2H3.